The number of carboxylic acid groups (broad SMARTS) is 1. The quantitative estimate of drug-likeness (QED) is 0.560. The van der Waals surface area contributed by atoms with Crippen LogP contribution in [-0.4, -0.2) is 67.7 Å². The van der Waals surface area contributed by atoms with E-state index < -0.39 is 15.8 Å². The van der Waals surface area contributed by atoms with E-state index in [4.69, 9.17) is 9.84 Å². The summed E-state index contributed by atoms with van der Waals surface area (Å²) >= 11 is 1.34. The fraction of sp³-hybridized carbons (Fsp3) is 0.800. The van der Waals surface area contributed by atoms with E-state index in [0.29, 0.717) is 6.42 Å². The van der Waals surface area contributed by atoms with Crippen molar-refractivity contribution in [2.24, 2.45) is 0 Å². The zero-order chi connectivity index (χ0) is 14.3. The molecule has 0 aromatic carbocycles. The first-order valence-electron chi connectivity index (χ1n) is 5.77. The standard InChI is InChI=1S/C10H17NO6S2/c12-9(11-2-3-17-5-10(13)14)6-18-8-1-4-19(15,16)7-8/h8H,1-7H2,(H,11,12)(H,13,14). The Labute approximate surface area is 116 Å². The van der Waals surface area contributed by atoms with Crippen LogP contribution < -0.4 is 5.32 Å². The molecule has 1 amide bonds. The summed E-state index contributed by atoms with van der Waals surface area (Å²) in [5.41, 5.74) is 0. The second-order valence-electron chi connectivity index (χ2n) is 4.13. The summed E-state index contributed by atoms with van der Waals surface area (Å²) in [6, 6.07) is 0. The molecular weight excluding hydrogens is 294 g/mol. The summed E-state index contributed by atoms with van der Waals surface area (Å²) in [5, 5.41) is 10.9. The van der Waals surface area contributed by atoms with E-state index in [1.54, 1.807) is 0 Å². The summed E-state index contributed by atoms with van der Waals surface area (Å²) in [6.07, 6.45) is 0.599. The second kappa shape index (κ2) is 7.71. The van der Waals surface area contributed by atoms with Crippen LogP contribution in [0.2, 0.25) is 0 Å². The van der Waals surface area contributed by atoms with E-state index in [-0.39, 0.29) is 48.2 Å². The molecule has 0 aromatic heterocycles. The molecule has 110 valence electrons. The monoisotopic (exact) mass is 311 g/mol. The first-order valence-corrected chi connectivity index (χ1v) is 8.64. The molecule has 7 nitrogen and oxygen atoms in total. The van der Waals surface area contributed by atoms with Crippen LogP contribution in [-0.2, 0) is 24.2 Å². The highest BCUT2D eigenvalue weighted by Gasteiger charge is 2.28. The lowest BCUT2D eigenvalue weighted by atomic mass is 10.4. The molecule has 1 atom stereocenters. The van der Waals surface area contributed by atoms with Crippen molar-refractivity contribution in [1.82, 2.24) is 5.32 Å². The van der Waals surface area contributed by atoms with Crippen LogP contribution >= 0.6 is 11.8 Å². The summed E-state index contributed by atoms with van der Waals surface area (Å²) < 4.78 is 27.2. The maximum atomic E-state index is 11.4. The molecule has 0 spiro atoms. The Morgan fingerprint density at radius 2 is 2.16 bits per heavy atom. The molecule has 0 radical (unpaired) electrons. The van der Waals surface area contributed by atoms with Gasteiger partial charge in [-0.15, -0.1) is 11.8 Å². The average molecular weight is 311 g/mol. The highest BCUT2D eigenvalue weighted by atomic mass is 32.2. The van der Waals surface area contributed by atoms with Gasteiger partial charge in [0.05, 0.1) is 23.9 Å². The molecule has 0 saturated carbocycles. The van der Waals surface area contributed by atoms with E-state index in [0.717, 1.165) is 0 Å². The third-order valence-electron chi connectivity index (χ3n) is 2.43. The minimum atomic E-state index is -2.90. The number of carbonyl (C=O) groups excluding carboxylic acids is 1. The Bertz CT molecular complexity index is 422. The number of nitrogens with one attached hydrogen (secondary N) is 1. The highest BCUT2D eigenvalue weighted by Crippen LogP contribution is 2.23. The number of sulfone groups is 1. The molecule has 1 rings (SSSR count). The molecular formula is C10H17NO6S2. The van der Waals surface area contributed by atoms with Gasteiger partial charge in [-0.3, -0.25) is 4.79 Å². The lowest BCUT2D eigenvalue weighted by molar-refractivity contribution is -0.142. The molecule has 1 fully saturated rings. The van der Waals surface area contributed by atoms with Crippen LogP contribution in [0.15, 0.2) is 0 Å². The van der Waals surface area contributed by atoms with Gasteiger partial charge in [0.15, 0.2) is 9.84 Å². The number of carbonyl (C=O) groups is 2. The van der Waals surface area contributed by atoms with Crippen LogP contribution in [0.4, 0.5) is 0 Å². The van der Waals surface area contributed by atoms with E-state index in [9.17, 15) is 18.0 Å². The number of thioether (sulfide) groups is 1. The average Bonchev–Trinajstić information content (AvgIpc) is 2.65. The normalized spacial score (nSPS) is 21.2. The zero-order valence-corrected chi connectivity index (χ0v) is 12.0. The molecule has 0 aliphatic carbocycles. The minimum Gasteiger partial charge on any atom is -0.480 e. The summed E-state index contributed by atoms with van der Waals surface area (Å²) in [4.78, 5) is 21.5. The Hall–Kier alpha value is -0.800. The van der Waals surface area contributed by atoms with Gasteiger partial charge in [0.1, 0.15) is 6.61 Å². The number of hydrogen-bond donors (Lipinski definition) is 2. The van der Waals surface area contributed by atoms with Gasteiger partial charge < -0.3 is 15.2 Å². The van der Waals surface area contributed by atoms with Crippen molar-refractivity contribution < 1.29 is 27.9 Å². The fourth-order valence-electron chi connectivity index (χ4n) is 1.56. The minimum absolute atomic E-state index is 0.000916. The van der Waals surface area contributed by atoms with Gasteiger partial charge >= 0.3 is 5.97 Å². The van der Waals surface area contributed by atoms with Gasteiger partial charge in [-0.05, 0) is 6.42 Å². The predicted molar refractivity (Wildman–Crippen MR) is 71.0 cm³/mol. The number of ether oxygens (including phenoxy) is 1. The van der Waals surface area contributed by atoms with Crippen LogP contribution in [0.5, 0.6) is 0 Å². The Balaban J connectivity index is 2.04. The van der Waals surface area contributed by atoms with E-state index >= 15 is 0 Å². The molecule has 2 N–H and O–H groups in total. The van der Waals surface area contributed by atoms with Gasteiger partial charge in [0, 0.05) is 11.8 Å². The van der Waals surface area contributed by atoms with Crippen LogP contribution in [0.25, 0.3) is 0 Å². The molecule has 1 saturated heterocycles. The third-order valence-corrected chi connectivity index (χ3v) is 5.72. The third kappa shape index (κ3) is 7.38. The number of amides is 1. The summed E-state index contributed by atoms with van der Waals surface area (Å²) in [6.45, 7) is 0.000702. The van der Waals surface area contributed by atoms with Crippen LogP contribution in [0, 0.1) is 0 Å². The first-order chi connectivity index (χ1) is 8.89. The van der Waals surface area contributed by atoms with Crippen molar-refractivity contribution in [2.75, 3.05) is 37.0 Å². The van der Waals surface area contributed by atoms with Crippen molar-refractivity contribution in [3.63, 3.8) is 0 Å². The second-order valence-corrected chi connectivity index (χ2v) is 7.65. The van der Waals surface area contributed by atoms with Crippen molar-refractivity contribution in [3.05, 3.63) is 0 Å². The van der Waals surface area contributed by atoms with Crippen LogP contribution in [0.3, 0.4) is 0 Å². The van der Waals surface area contributed by atoms with Gasteiger partial charge in [-0.1, -0.05) is 0 Å². The smallest absolute Gasteiger partial charge is 0.329 e. The Morgan fingerprint density at radius 1 is 1.42 bits per heavy atom. The lowest BCUT2D eigenvalue weighted by Crippen LogP contribution is -2.30. The number of rotatable bonds is 8. The topological polar surface area (TPSA) is 110 Å². The van der Waals surface area contributed by atoms with Gasteiger partial charge in [-0.25, -0.2) is 13.2 Å². The molecule has 1 aliphatic rings. The largest absolute Gasteiger partial charge is 0.480 e. The van der Waals surface area contributed by atoms with Crippen molar-refractivity contribution in [3.8, 4) is 0 Å². The summed E-state index contributed by atoms with van der Waals surface area (Å²) in [5.74, 6) is -0.696. The van der Waals surface area contributed by atoms with E-state index in [1.165, 1.54) is 11.8 Å². The van der Waals surface area contributed by atoms with Gasteiger partial charge in [-0.2, -0.15) is 0 Å². The molecule has 1 aliphatic heterocycles. The maximum absolute atomic E-state index is 11.4. The van der Waals surface area contributed by atoms with Crippen molar-refractivity contribution in [1.29, 1.82) is 0 Å². The molecule has 19 heavy (non-hydrogen) atoms. The van der Waals surface area contributed by atoms with Gasteiger partial charge in [0.2, 0.25) is 5.91 Å². The molecule has 0 bridgehead atoms. The zero-order valence-electron chi connectivity index (χ0n) is 10.3. The maximum Gasteiger partial charge on any atom is 0.329 e. The first kappa shape index (κ1) is 16.3. The predicted octanol–water partition coefficient (Wildman–Crippen LogP) is -0.876. The molecule has 1 unspecified atom stereocenters. The van der Waals surface area contributed by atoms with Gasteiger partial charge in [0.25, 0.3) is 0 Å². The highest BCUT2D eigenvalue weighted by molar-refractivity contribution is 8.02. The molecule has 9 heteroatoms. The summed E-state index contributed by atoms with van der Waals surface area (Å²) in [7, 11) is -2.90. The Kier molecular flexibility index (Phi) is 6.59. The van der Waals surface area contributed by atoms with Crippen LogP contribution in [0.1, 0.15) is 6.42 Å². The molecule has 1 heterocycles. The SMILES string of the molecule is O=C(O)COCCNC(=O)CSC1CCS(=O)(=O)C1. The van der Waals surface area contributed by atoms with E-state index in [1.807, 2.05) is 0 Å². The Morgan fingerprint density at radius 3 is 2.74 bits per heavy atom. The fourth-order valence-corrected chi connectivity index (χ4v) is 5.03. The number of carboxylic acids is 1. The number of hydrogen-bond acceptors (Lipinski definition) is 6. The lowest BCUT2D eigenvalue weighted by Gasteiger charge is -2.08. The molecule has 0 aromatic rings. The van der Waals surface area contributed by atoms with Crippen molar-refractivity contribution in [2.45, 2.75) is 11.7 Å². The van der Waals surface area contributed by atoms with E-state index in [2.05, 4.69) is 5.32 Å². The van der Waals surface area contributed by atoms with Crippen molar-refractivity contribution >= 4 is 33.5 Å². The number of aliphatic carboxylic acids is 1.